The van der Waals surface area contributed by atoms with Gasteiger partial charge < -0.3 is 10.1 Å². The second kappa shape index (κ2) is 9.47. The van der Waals surface area contributed by atoms with Gasteiger partial charge in [-0.2, -0.15) is 4.31 Å². The third-order valence-electron chi connectivity index (χ3n) is 3.89. The first-order valence-electron chi connectivity index (χ1n) is 8.42. The number of sulfonamides is 1. The Labute approximate surface area is 159 Å². The van der Waals surface area contributed by atoms with E-state index in [0.717, 1.165) is 0 Å². The minimum absolute atomic E-state index is 0.0304. The van der Waals surface area contributed by atoms with Gasteiger partial charge in [0.1, 0.15) is 0 Å². The van der Waals surface area contributed by atoms with Gasteiger partial charge in [0.25, 0.3) is 5.91 Å². The maximum absolute atomic E-state index is 12.6. The van der Waals surface area contributed by atoms with Crippen molar-refractivity contribution in [2.45, 2.75) is 38.7 Å². The van der Waals surface area contributed by atoms with Crippen molar-refractivity contribution in [3.63, 3.8) is 0 Å². The Morgan fingerprint density at radius 3 is 2.30 bits per heavy atom. The molecule has 3 amide bonds. The number of carbonyl (C=O) groups excluding carboxylic acids is 3. The van der Waals surface area contributed by atoms with Crippen molar-refractivity contribution in [2.75, 3.05) is 20.1 Å². The topological polar surface area (TPSA) is 122 Å². The van der Waals surface area contributed by atoms with E-state index in [0.29, 0.717) is 18.7 Å². The molecule has 2 N–H and O–H groups in total. The molecule has 0 radical (unpaired) electrons. The lowest BCUT2D eigenvalue weighted by Gasteiger charge is -2.19. The highest BCUT2D eigenvalue weighted by molar-refractivity contribution is 7.89. The van der Waals surface area contributed by atoms with Gasteiger partial charge in [-0.05, 0) is 31.5 Å². The Morgan fingerprint density at radius 1 is 1.19 bits per heavy atom. The zero-order valence-electron chi connectivity index (χ0n) is 16.0. The molecule has 0 aliphatic carbocycles. The average Bonchev–Trinajstić information content (AvgIpc) is 2.62. The molecule has 0 fully saturated rings. The van der Waals surface area contributed by atoms with Crippen LogP contribution in [0.25, 0.3) is 0 Å². The summed E-state index contributed by atoms with van der Waals surface area (Å²) >= 11 is 0. The quantitative estimate of drug-likeness (QED) is 0.660. The molecule has 0 spiro atoms. The summed E-state index contributed by atoms with van der Waals surface area (Å²) in [5, 5.41) is 4.21. The zero-order valence-corrected chi connectivity index (χ0v) is 16.8. The van der Waals surface area contributed by atoms with Crippen LogP contribution in [0, 0.1) is 6.92 Å². The number of carbonyl (C=O) groups is 3. The SMILES string of the molecule is CCN(CC)S(=O)(=O)c1ccc(C)c(C(=O)O[C@@H](C)C(=O)NC(=O)NC)c1. The van der Waals surface area contributed by atoms with Crippen LogP contribution >= 0.6 is 0 Å². The Kier molecular flexibility index (Phi) is 7.92. The van der Waals surface area contributed by atoms with Crippen LogP contribution in [0.15, 0.2) is 23.1 Å². The Bertz CT molecular complexity index is 818. The normalized spacial score (nSPS) is 12.4. The molecule has 9 nitrogen and oxygen atoms in total. The van der Waals surface area contributed by atoms with Gasteiger partial charge in [-0.15, -0.1) is 0 Å². The summed E-state index contributed by atoms with van der Waals surface area (Å²) in [6, 6.07) is 3.42. The minimum atomic E-state index is -3.74. The van der Waals surface area contributed by atoms with E-state index in [2.05, 4.69) is 5.32 Å². The summed E-state index contributed by atoms with van der Waals surface area (Å²) in [6.07, 6.45) is -1.24. The Morgan fingerprint density at radius 2 is 1.78 bits per heavy atom. The highest BCUT2D eigenvalue weighted by atomic mass is 32.2. The fourth-order valence-corrected chi connectivity index (χ4v) is 3.73. The smallest absolute Gasteiger partial charge is 0.339 e. The van der Waals surface area contributed by atoms with E-state index in [4.69, 9.17) is 4.74 Å². The number of rotatable bonds is 7. The molecule has 0 saturated heterocycles. The van der Waals surface area contributed by atoms with E-state index in [1.165, 1.54) is 36.5 Å². The second-order valence-corrected chi connectivity index (χ2v) is 7.62. The van der Waals surface area contributed by atoms with E-state index in [1.54, 1.807) is 20.8 Å². The monoisotopic (exact) mass is 399 g/mol. The van der Waals surface area contributed by atoms with Crippen LogP contribution in [0.3, 0.4) is 0 Å². The van der Waals surface area contributed by atoms with Gasteiger partial charge in [0.05, 0.1) is 10.5 Å². The van der Waals surface area contributed by atoms with Crippen molar-refractivity contribution in [3.05, 3.63) is 29.3 Å². The standard InChI is InChI=1S/C17H25N3O6S/c1-6-20(7-2)27(24,25)13-9-8-11(3)14(10-13)16(22)26-12(4)15(21)19-17(23)18-5/h8-10,12H,6-7H2,1-5H3,(H2,18,19,21,23)/t12-/m0/s1. The predicted molar refractivity (Wildman–Crippen MR) is 98.8 cm³/mol. The molecule has 0 bridgehead atoms. The number of nitrogens with one attached hydrogen (secondary N) is 2. The van der Waals surface area contributed by atoms with Gasteiger partial charge in [0.15, 0.2) is 6.10 Å². The van der Waals surface area contributed by atoms with Crippen molar-refractivity contribution in [1.82, 2.24) is 14.9 Å². The second-order valence-electron chi connectivity index (χ2n) is 5.68. The van der Waals surface area contributed by atoms with Gasteiger partial charge in [0.2, 0.25) is 10.0 Å². The van der Waals surface area contributed by atoms with Crippen molar-refractivity contribution in [3.8, 4) is 0 Å². The molecule has 0 aromatic heterocycles. The number of imide groups is 1. The van der Waals surface area contributed by atoms with E-state index in [9.17, 15) is 22.8 Å². The molecule has 1 aromatic carbocycles. The summed E-state index contributed by atoms with van der Waals surface area (Å²) in [4.78, 5) is 35.3. The highest BCUT2D eigenvalue weighted by Crippen LogP contribution is 2.20. The minimum Gasteiger partial charge on any atom is -0.449 e. The molecule has 0 aliphatic rings. The molecule has 0 heterocycles. The van der Waals surface area contributed by atoms with Crippen molar-refractivity contribution >= 4 is 27.9 Å². The number of esters is 1. The molecular weight excluding hydrogens is 374 g/mol. The van der Waals surface area contributed by atoms with Crippen LogP contribution < -0.4 is 10.6 Å². The largest absolute Gasteiger partial charge is 0.449 e. The molecule has 150 valence electrons. The number of aryl methyl sites for hydroxylation is 1. The molecule has 27 heavy (non-hydrogen) atoms. The van der Waals surface area contributed by atoms with E-state index >= 15 is 0 Å². The van der Waals surface area contributed by atoms with Crippen LogP contribution in [0.2, 0.25) is 0 Å². The first kappa shape index (κ1) is 22.6. The number of hydrogen-bond acceptors (Lipinski definition) is 6. The fourth-order valence-electron chi connectivity index (χ4n) is 2.25. The molecule has 10 heteroatoms. The molecular formula is C17H25N3O6S. The molecule has 0 unspecified atom stereocenters. The number of hydrogen-bond donors (Lipinski definition) is 2. The van der Waals surface area contributed by atoms with Crippen LogP contribution in [0.1, 0.15) is 36.7 Å². The zero-order chi connectivity index (χ0) is 20.8. The van der Waals surface area contributed by atoms with Gasteiger partial charge >= 0.3 is 12.0 Å². The molecule has 0 aliphatic heterocycles. The van der Waals surface area contributed by atoms with E-state index in [1.807, 2.05) is 5.32 Å². The first-order chi connectivity index (χ1) is 12.6. The average molecular weight is 399 g/mol. The van der Waals surface area contributed by atoms with Crippen LogP contribution in [-0.4, -0.2) is 56.9 Å². The molecule has 0 saturated carbocycles. The van der Waals surface area contributed by atoms with Crippen molar-refractivity contribution in [2.24, 2.45) is 0 Å². The third-order valence-corrected chi connectivity index (χ3v) is 5.93. The Balaban J connectivity index is 3.08. The maximum Gasteiger partial charge on any atom is 0.339 e. The van der Waals surface area contributed by atoms with Gasteiger partial charge in [0, 0.05) is 20.1 Å². The highest BCUT2D eigenvalue weighted by Gasteiger charge is 2.25. The lowest BCUT2D eigenvalue weighted by Crippen LogP contribution is -2.43. The van der Waals surface area contributed by atoms with Gasteiger partial charge in [-0.25, -0.2) is 18.0 Å². The van der Waals surface area contributed by atoms with E-state index in [-0.39, 0.29) is 10.5 Å². The number of nitrogens with zero attached hydrogens (tertiary/aromatic N) is 1. The van der Waals surface area contributed by atoms with Crippen LogP contribution in [0.5, 0.6) is 0 Å². The molecule has 1 rings (SSSR count). The van der Waals surface area contributed by atoms with Crippen LogP contribution in [0.4, 0.5) is 4.79 Å². The molecule has 1 aromatic rings. The number of amides is 3. The maximum atomic E-state index is 12.6. The predicted octanol–water partition coefficient (Wildman–Crippen LogP) is 1.03. The summed E-state index contributed by atoms with van der Waals surface area (Å²) < 4.78 is 31.6. The Hall–Kier alpha value is -2.46. The summed E-state index contributed by atoms with van der Waals surface area (Å²) in [5.41, 5.74) is 0.528. The first-order valence-corrected chi connectivity index (χ1v) is 9.86. The lowest BCUT2D eigenvalue weighted by molar-refractivity contribution is -0.127. The summed E-state index contributed by atoms with van der Waals surface area (Å²) in [6.45, 7) is 6.96. The van der Waals surface area contributed by atoms with Crippen molar-refractivity contribution in [1.29, 1.82) is 0 Å². The third kappa shape index (κ3) is 5.51. The summed E-state index contributed by atoms with van der Waals surface area (Å²) in [5.74, 6) is -1.66. The number of urea groups is 1. The summed E-state index contributed by atoms with van der Waals surface area (Å²) in [7, 11) is -2.41. The lowest BCUT2D eigenvalue weighted by atomic mass is 10.1. The van der Waals surface area contributed by atoms with Gasteiger partial charge in [-0.1, -0.05) is 19.9 Å². The van der Waals surface area contributed by atoms with E-state index < -0.39 is 34.0 Å². The van der Waals surface area contributed by atoms with Crippen LogP contribution in [-0.2, 0) is 19.6 Å². The van der Waals surface area contributed by atoms with Gasteiger partial charge in [-0.3, -0.25) is 10.1 Å². The van der Waals surface area contributed by atoms with Crippen molar-refractivity contribution < 1.29 is 27.5 Å². The number of benzene rings is 1. The number of ether oxygens (including phenoxy) is 1. The molecule has 1 atom stereocenters. The fraction of sp³-hybridized carbons (Fsp3) is 0.471.